The molecule has 0 radical (unpaired) electrons. The van der Waals surface area contributed by atoms with E-state index in [9.17, 15) is 4.79 Å². The Morgan fingerprint density at radius 3 is 2.35 bits per heavy atom. The highest BCUT2D eigenvalue weighted by atomic mass is 16.5. The van der Waals surface area contributed by atoms with Crippen molar-refractivity contribution in [3.63, 3.8) is 0 Å². The minimum Gasteiger partial charge on any atom is -0.497 e. The van der Waals surface area contributed by atoms with Gasteiger partial charge in [-0.2, -0.15) is 5.26 Å². The number of amides is 1. The fourth-order valence-electron chi connectivity index (χ4n) is 2.63. The van der Waals surface area contributed by atoms with Crippen molar-refractivity contribution in [2.45, 2.75) is 18.9 Å². The van der Waals surface area contributed by atoms with Gasteiger partial charge >= 0.3 is 0 Å². The molecular formula is C19H18N2O2. The SMILES string of the molecule is COc1ccc(C(NC(=O)c2ccc(C#N)cc2)C2CC2)cc1. The number of hydrogen-bond donors (Lipinski definition) is 1. The Hall–Kier alpha value is -2.80. The van der Waals surface area contributed by atoms with E-state index in [-0.39, 0.29) is 11.9 Å². The number of nitriles is 1. The monoisotopic (exact) mass is 306 g/mol. The molecular weight excluding hydrogens is 288 g/mol. The molecule has 1 saturated carbocycles. The third-order valence-corrected chi connectivity index (χ3v) is 4.13. The number of benzene rings is 2. The van der Waals surface area contributed by atoms with Gasteiger partial charge in [-0.25, -0.2) is 0 Å². The molecule has 2 aromatic carbocycles. The number of methoxy groups -OCH3 is 1. The molecule has 1 aliphatic carbocycles. The van der Waals surface area contributed by atoms with E-state index in [2.05, 4.69) is 11.4 Å². The third-order valence-electron chi connectivity index (χ3n) is 4.13. The van der Waals surface area contributed by atoms with Gasteiger partial charge in [-0.3, -0.25) is 4.79 Å². The molecule has 0 spiro atoms. The summed E-state index contributed by atoms with van der Waals surface area (Å²) in [5.41, 5.74) is 2.22. The number of hydrogen-bond acceptors (Lipinski definition) is 3. The molecule has 4 heteroatoms. The molecule has 1 fully saturated rings. The van der Waals surface area contributed by atoms with Gasteiger partial charge in [-0.05, 0) is 60.7 Å². The lowest BCUT2D eigenvalue weighted by atomic mass is 10.0. The lowest BCUT2D eigenvalue weighted by Crippen LogP contribution is -2.29. The predicted octanol–water partition coefficient (Wildman–Crippen LogP) is 3.45. The molecule has 116 valence electrons. The lowest BCUT2D eigenvalue weighted by molar-refractivity contribution is 0.0931. The van der Waals surface area contributed by atoms with Crippen molar-refractivity contribution in [2.24, 2.45) is 5.92 Å². The van der Waals surface area contributed by atoms with E-state index < -0.39 is 0 Å². The molecule has 1 unspecified atom stereocenters. The molecule has 2 aromatic rings. The third kappa shape index (κ3) is 3.51. The quantitative estimate of drug-likeness (QED) is 0.920. The number of nitrogens with zero attached hydrogens (tertiary/aromatic N) is 1. The maximum atomic E-state index is 12.5. The number of rotatable bonds is 5. The van der Waals surface area contributed by atoms with Gasteiger partial charge in [0.05, 0.1) is 24.8 Å². The number of nitrogens with one attached hydrogen (secondary N) is 1. The van der Waals surface area contributed by atoms with Crippen LogP contribution in [0.3, 0.4) is 0 Å². The van der Waals surface area contributed by atoms with Gasteiger partial charge in [0.1, 0.15) is 5.75 Å². The van der Waals surface area contributed by atoms with Gasteiger partial charge in [0, 0.05) is 5.56 Å². The summed E-state index contributed by atoms with van der Waals surface area (Å²) in [7, 11) is 1.64. The summed E-state index contributed by atoms with van der Waals surface area (Å²) in [6.07, 6.45) is 2.26. The fraction of sp³-hybridized carbons (Fsp3) is 0.263. The smallest absolute Gasteiger partial charge is 0.251 e. The van der Waals surface area contributed by atoms with Crippen LogP contribution in [0, 0.1) is 17.2 Å². The summed E-state index contributed by atoms with van der Waals surface area (Å²) < 4.78 is 5.18. The van der Waals surface area contributed by atoms with Crippen LogP contribution in [-0.4, -0.2) is 13.0 Å². The summed E-state index contributed by atoms with van der Waals surface area (Å²) in [5.74, 6) is 1.19. The first-order chi connectivity index (χ1) is 11.2. The van der Waals surface area contributed by atoms with Crippen LogP contribution in [0.4, 0.5) is 0 Å². The van der Waals surface area contributed by atoms with Crippen LogP contribution in [0.2, 0.25) is 0 Å². The van der Waals surface area contributed by atoms with Crippen LogP contribution in [-0.2, 0) is 0 Å². The maximum absolute atomic E-state index is 12.5. The van der Waals surface area contributed by atoms with Crippen molar-refractivity contribution in [1.82, 2.24) is 5.32 Å². The number of carbonyl (C=O) groups excluding carboxylic acids is 1. The fourth-order valence-corrected chi connectivity index (χ4v) is 2.63. The van der Waals surface area contributed by atoms with E-state index in [1.807, 2.05) is 24.3 Å². The van der Waals surface area contributed by atoms with Gasteiger partial charge in [0.15, 0.2) is 0 Å². The van der Waals surface area contributed by atoms with E-state index in [1.165, 1.54) is 0 Å². The highest BCUT2D eigenvalue weighted by Gasteiger charge is 2.33. The Labute approximate surface area is 135 Å². The van der Waals surface area contributed by atoms with Crippen LogP contribution in [0.15, 0.2) is 48.5 Å². The summed E-state index contributed by atoms with van der Waals surface area (Å²) in [6, 6.07) is 16.6. The maximum Gasteiger partial charge on any atom is 0.251 e. The van der Waals surface area contributed by atoms with E-state index in [1.54, 1.807) is 31.4 Å². The Morgan fingerprint density at radius 2 is 1.83 bits per heavy atom. The first-order valence-electron chi connectivity index (χ1n) is 7.66. The minimum absolute atomic E-state index is 0.0176. The molecule has 1 aliphatic rings. The normalized spacial score (nSPS) is 14.6. The standard InChI is InChI=1S/C19H18N2O2/c1-23-17-10-8-15(9-11-17)18(14-6-7-14)21-19(22)16-4-2-13(12-20)3-5-16/h2-5,8-11,14,18H,6-7H2,1H3,(H,21,22). The average Bonchev–Trinajstić information content (AvgIpc) is 3.44. The van der Waals surface area contributed by atoms with Gasteiger partial charge < -0.3 is 10.1 Å². The largest absolute Gasteiger partial charge is 0.497 e. The minimum atomic E-state index is -0.109. The van der Waals surface area contributed by atoms with Crippen LogP contribution < -0.4 is 10.1 Å². The Kier molecular flexibility index (Phi) is 4.29. The van der Waals surface area contributed by atoms with E-state index in [0.717, 1.165) is 24.2 Å². The van der Waals surface area contributed by atoms with Gasteiger partial charge in [0.2, 0.25) is 0 Å². The van der Waals surface area contributed by atoms with Crippen LogP contribution in [0.25, 0.3) is 0 Å². The number of ether oxygens (including phenoxy) is 1. The molecule has 3 rings (SSSR count). The summed E-state index contributed by atoms with van der Waals surface area (Å²) in [6.45, 7) is 0. The van der Waals surface area contributed by atoms with Crippen molar-refractivity contribution < 1.29 is 9.53 Å². The highest BCUT2D eigenvalue weighted by Crippen LogP contribution is 2.41. The van der Waals surface area contributed by atoms with E-state index >= 15 is 0 Å². The molecule has 0 saturated heterocycles. The summed E-state index contributed by atoms with van der Waals surface area (Å²) in [5, 5.41) is 11.9. The lowest BCUT2D eigenvalue weighted by Gasteiger charge is -2.19. The number of carbonyl (C=O) groups is 1. The first-order valence-corrected chi connectivity index (χ1v) is 7.66. The zero-order valence-corrected chi connectivity index (χ0v) is 13.0. The Bertz CT molecular complexity index is 725. The molecule has 23 heavy (non-hydrogen) atoms. The van der Waals surface area contributed by atoms with Gasteiger partial charge in [-0.1, -0.05) is 12.1 Å². The molecule has 1 amide bonds. The molecule has 0 heterocycles. The second kappa shape index (κ2) is 6.53. The second-order valence-corrected chi connectivity index (χ2v) is 5.75. The zero-order chi connectivity index (χ0) is 16.2. The van der Waals surface area contributed by atoms with Crippen molar-refractivity contribution in [1.29, 1.82) is 5.26 Å². The van der Waals surface area contributed by atoms with E-state index in [0.29, 0.717) is 17.0 Å². The molecule has 0 bridgehead atoms. The zero-order valence-electron chi connectivity index (χ0n) is 13.0. The first kappa shape index (κ1) is 15.1. The van der Waals surface area contributed by atoms with Crippen molar-refractivity contribution in [3.8, 4) is 11.8 Å². The molecule has 1 atom stereocenters. The van der Waals surface area contributed by atoms with Crippen molar-refractivity contribution >= 4 is 5.91 Å². The summed E-state index contributed by atoms with van der Waals surface area (Å²) >= 11 is 0. The second-order valence-electron chi connectivity index (χ2n) is 5.75. The molecule has 0 aliphatic heterocycles. The molecule has 4 nitrogen and oxygen atoms in total. The van der Waals surface area contributed by atoms with E-state index in [4.69, 9.17) is 10.00 Å². The van der Waals surface area contributed by atoms with Crippen LogP contribution in [0.5, 0.6) is 5.75 Å². The molecule has 0 aromatic heterocycles. The predicted molar refractivity (Wildman–Crippen MR) is 87.1 cm³/mol. The van der Waals surface area contributed by atoms with Crippen LogP contribution >= 0.6 is 0 Å². The Morgan fingerprint density at radius 1 is 1.17 bits per heavy atom. The molecule has 1 N–H and O–H groups in total. The van der Waals surface area contributed by atoms with Crippen molar-refractivity contribution in [2.75, 3.05) is 7.11 Å². The van der Waals surface area contributed by atoms with Gasteiger partial charge in [0.25, 0.3) is 5.91 Å². The highest BCUT2D eigenvalue weighted by molar-refractivity contribution is 5.94. The Balaban J connectivity index is 1.76. The summed E-state index contributed by atoms with van der Waals surface area (Å²) in [4.78, 5) is 12.5. The van der Waals surface area contributed by atoms with Crippen molar-refractivity contribution in [3.05, 3.63) is 65.2 Å². The van der Waals surface area contributed by atoms with Gasteiger partial charge in [-0.15, -0.1) is 0 Å². The average molecular weight is 306 g/mol. The topological polar surface area (TPSA) is 62.1 Å². The van der Waals surface area contributed by atoms with Crippen LogP contribution in [0.1, 0.15) is 40.4 Å².